The highest BCUT2D eigenvalue weighted by atomic mass is 35.5. The summed E-state index contributed by atoms with van der Waals surface area (Å²) < 4.78 is 0. The molecule has 0 amide bonds. The maximum absolute atomic E-state index is 6.17. The fourth-order valence-electron chi connectivity index (χ4n) is 4.91. The van der Waals surface area contributed by atoms with E-state index in [1.54, 1.807) is 0 Å². The highest BCUT2D eigenvalue weighted by molar-refractivity contribution is 6.34. The highest BCUT2D eigenvalue weighted by Gasteiger charge is 2.35. The standard InChI is InChI=1S/C23H28ClN5/c24-21-19-15-20(28-22(19)27-16-26-21)18-3-1-17(2-4-18)5-12-29-13-8-23(9-14-29)6-10-25-11-7-23/h1-4,15-16,25H,5-14H2,(H,26,27,28). The van der Waals surface area contributed by atoms with Crippen LogP contribution in [0.25, 0.3) is 22.3 Å². The second-order valence-corrected chi connectivity index (χ2v) is 9.01. The van der Waals surface area contributed by atoms with E-state index in [4.69, 9.17) is 11.6 Å². The van der Waals surface area contributed by atoms with E-state index in [1.807, 2.05) is 6.07 Å². The molecule has 3 aromatic rings. The van der Waals surface area contributed by atoms with Gasteiger partial charge in [0.05, 0.1) is 5.39 Å². The van der Waals surface area contributed by atoms with Gasteiger partial charge in [-0.2, -0.15) is 0 Å². The highest BCUT2D eigenvalue weighted by Crippen LogP contribution is 2.39. The van der Waals surface area contributed by atoms with Gasteiger partial charge < -0.3 is 15.2 Å². The Hall–Kier alpha value is -1.95. The van der Waals surface area contributed by atoms with E-state index in [9.17, 15) is 0 Å². The van der Waals surface area contributed by atoms with Gasteiger partial charge in [0, 0.05) is 12.2 Å². The van der Waals surface area contributed by atoms with Crippen LogP contribution in [0, 0.1) is 5.41 Å². The fourth-order valence-corrected chi connectivity index (χ4v) is 5.10. The number of piperidine rings is 2. The lowest BCUT2D eigenvalue weighted by atomic mass is 9.71. The van der Waals surface area contributed by atoms with Crippen LogP contribution in [0.3, 0.4) is 0 Å². The molecule has 2 aliphatic rings. The van der Waals surface area contributed by atoms with Crippen molar-refractivity contribution in [2.24, 2.45) is 5.41 Å². The van der Waals surface area contributed by atoms with Crippen LogP contribution < -0.4 is 5.32 Å². The minimum absolute atomic E-state index is 0.488. The minimum atomic E-state index is 0.488. The lowest BCUT2D eigenvalue weighted by molar-refractivity contribution is 0.0746. The number of rotatable bonds is 4. The number of nitrogens with one attached hydrogen (secondary N) is 2. The van der Waals surface area contributed by atoms with Gasteiger partial charge in [-0.15, -0.1) is 0 Å². The summed E-state index contributed by atoms with van der Waals surface area (Å²) in [6, 6.07) is 10.9. The van der Waals surface area contributed by atoms with Crippen LogP contribution in [0.5, 0.6) is 0 Å². The molecule has 2 aromatic heterocycles. The molecule has 0 aliphatic carbocycles. The van der Waals surface area contributed by atoms with Crippen molar-refractivity contribution in [2.45, 2.75) is 32.1 Å². The summed E-state index contributed by atoms with van der Waals surface area (Å²) in [5.41, 5.74) is 4.98. The summed E-state index contributed by atoms with van der Waals surface area (Å²) in [6.07, 6.45) is 8.08. The van der Waals surface area contributed by atoms with Crippen molar-refractivity contribution in [3.63, 3.8) is 0 Å². The van der Waals surface area contributed by atoms with Crippen LogP contribution >= 0.6 is 11.6 Å². The molecule has 0 saturated carbocycles. The zero-order valence-electron chi connectivity index (χ0n) is 16.8. The number of hydrogen-bond donors (Lipinski definition) is 2. The van der Waals surface area contributed by atoms with Gasteiger partial charge >= 0.3 is 0 Å². The van der Waals surface area contributed by atoms with E-state index in [2.05, 4.69) is 49.4 Å². The molecule has 1 spiro atoms. The van der Waals surface area contributed by atoms with Crippen LogP contribution in [0.15, 0.2) is 36.7 Å². The molecule has 0 atom stereocenters. The van der Waals surface area contributed by atoms with Crippen molar-refractivity contribution in [1.82, 2.24) is 25.2 Å². The summed E-state index contributed by atoms with van der Waals surface area (Å²) in [7, 11) is 0. The first-order chi connectivity index (χ1) is 14.2. The number of hydrogen-bond acceptors (Lipinski definition) is 4. The molecule has 4 heterocycles. The molecule has 2 N–H and O–H groups in total. The molecule has 2 aliphatic heterocycles. The van der Waals surface area contributed by atoms with Crippen LogP contribution in [0.1, 0.15) is 31.2 Å². The number of fused-ring (bicyclic) bond motifs is 1. The SMILES string of the molecule is Clc1ncnc2[nH]c(-c3ccc(CCN4CCC5(CCNCC5)CC4)cc3)cc12. The van der Waals surface area contributed by atoms with Crippen molar-refractivity contribution in [1.29, 1.82) is 0 Å². The molecular formula is C23H28ClN5. The molecule has 0 radical (unpaired) electrons. The second kappa shape index (κ2) is 8.05. The van der Waals surface area contributed by atoms with E-state index in [0.29, 0.717) is 10.6 Å². The second-order valence-electron chi connectivity index (χ2n) is 8.65. The van der Waals surface area contributed by atoms with Crippen LogP contribution in [-0.2, 0) is 6.42 Å². The first kappa shape index (κ1) is 19.0. The van der Waals surface area contributed by atoms with Gasteiger partial charge in [-0.1, -0.05) is 35.9 Å². The molecule has 2 saturated heterocycles. The summed E-state index contributed by atoms with van der Waals surface area (Å²) in [6.45, 7) is 6.10. The van der Waals surface area contributed by atoms with Gasteiger partial charge in [0.1, 0.15) is 17.1 Å². The molecule has 1 aromatic carbocycles. The smallest absolute Gasteiger partial charge is 0.142 e. The number of aromatic nitrogens is 3. The van der Waals surface area contributed by atoms with Gasteiger partial charge in [-0.05, 0) is 80.9 Å². The lowest BCUT2D eigenvalue weighted by Crippen LogP contribution is -2.45. The predicted octanol–water partition coefficient (Wildman–Crippen LogP) is 4.29. The van der Waals surface area contributed by atoms with Crippen molar-refractivity contribution >= 4 is 22.6 Å². The van der Waals surface area contributed by atoms with Crippen LogP contribution in [0.2, 0.25) is 5.15 Å². The third-order valence-electron chi connectivity index (χ3n) is 6.94. The Morgan fingerprint density at radius 3 is 2.48 bits per heavy atom. The van der Waals surface area contributed by atoms with Gasteiger partial charge in [-0.25, -0.2) is 9.97 Å². The van der Waals surface area contributed by atoms with E-state index in [1.165, 1.54) is 63.8 Å². The number of H-pyrrole nitrogens is 1. The number of nitrogens with zero attached hydrogens (tertiary/aromatic N) is 3. The lowest BCUT2D eigenvalue weighted by Gasteiger charge is -2.44. The number of likely N-dealkylation sites (tertiary alicyclic amines) is 1. The average Bonchev–Trinajstić information content (AvgIpc) is 3.20. The molecule has 152 valence electrons. The molecule has 29 heavy (non-hydrogen) atoms. The molecule has 5 rings (SSSR count). The Morgan fingerprint density at radius 2 is 1.76 bits per heavy atom. The maximum atomic E-state index is 6.17. The van der Waals surface area contributed by atoms with E-state index in [0.717, 1.165) is 35.3 Å². The maximum Gasteiger partial charge on any atom is 0.142 e. The fraction of sp³-hybridized carbons (Fsp3) is 0.478. The Kier molecular flexibility index (Phi) is 5.29. The Labute approximate surface area is 176 Å². The summed E-state index contributed by atoms with van der Waals surface area (Å²) in [5, 5.41) is 4.87. The average molecular weight is 410 g/mol. The van der Waals surface area contributed by atoms with Crippen LogP contribution in [0.4, 0.5) is 0 Å². The zero-order chi connectivity index (χ0) is 19.7. The number of benzene rings is 1. The Balaban J connectivity index is 1.18. The Bertz CT molecular complexity index is 965. The monoisotopic (exact) mass is 409 g/mol. The van der Waals surface area contributed by atoms with Crippen molar-refractivity contribution < 1.29 is 0 Å². The van der Waals surface area contributed by atoms with Gasteiger partial charge in [-0.3, -0.25) is 0 Å². The largest absolute Gasteiger partial charge is 0.339 e. The minimum Gasteiger partial charge on any atom is -0.339 e. The normalized spacial score (nSPS) is 19.8. The predicted molar refractivity (Wildman–Crippen MR) is 118 cm³/mol. The number of halogens is 1. The van der Waals surface area contributed by atoms with E-state index in [-0.39, 0.29) is 0 Å². The zero-order valence-corrected chi connectivity index (χ0v) is 17.5. The van der Waals surface area contributed by atoms with Crippen molar-refractivity contribution in [3.05, 3.63) is 47.4 Å². The summed E-state index contributed by atoms with van der Waals surface area (Å²) in [4.78, 5) is 14.3. The molecule has 6 heteroatoms. The van der Waals surface area contributed by atoms with Gasteiger partial charge in [0.15, 0.2) is 0 Å². The summed E-state index contributed by atoms with van der Waals surface area (Å²) >= 11 is 6.17. The summed E-state index contributed by atoms with van der Waals surface area (Å²) in [5.74, 6) is 0. The molecule has 5 nitrogen and oxygen atoms in total. The van der Waals surface area contributed by atoms with E-state index < -0.39 is 0 Å². The number of aromatic amines is 1. The van der Waals surface area contributed by atoms with Gasteiger partial charge in [0.25, 0.3) is 0 Å². The third-order valence-corrected chi connectivity index (χ3v) is 7.24. The quantitative estimate of drug-likeness (QED) is 0.631. The topological polar surface area (TPSA) is 56.8 Å². The van der Waals surface area contributed by atoms with E-state index >= 15 is 0 Å². The molecule has 0 bridgehead atoms. The first-order valence-corrected chi connectivity index (χ1v) is 11.1. The Morgan fingerprint density at radius 1 is 1.00 bits per heavy atom. The third kappa shape index (κ3) is 4.04. The van der Waals surface area contributed by atoms with Crippen LogP contribution in [-0.4, -0.2) is 52.6 Å². The molecule has 2 fully saturated rings. The van der Waals surface area contributed by atoms with Crippen molar-refractivity contribution in [2.75, 3.05) is 32.7 Å². The van der Waals surface area contributed by atoms with Crippen molar-refractivity contribution in [3.8, 4) is 11.3 Å². The first-order valence-electron chi connectivity index (χ1n) is 10.7. The van der Waals surface area contributed by atoms with Gasteiger partial charge in [0.2, 0.25) is 0 Å². The molecule has 0 unspecified atom stereocenters. The molecular weight excluding hydrogens is 382 g/mol.